The van der Waals surface area contributed by atoms with E-state index in [0.717, 1.165) is 0 Å². The summed E-state index contributed by atoms with van der Waals surface area (Å²) in [5.41, 5.74) is 0. The molecule has 0 aliphatic carbocycles. The minimum absolute atomic E-state index is 0.0251. The molecule has 1 aromatic rings. The number of nitrogens with zero attached hydrogens (tertiary/aromatic N) is 4. The molecule has 9 nitrogen and oxygen atoms in total. The predicted molar refractivity (Wildman–Crippen MR) is 72.1 cm³/mol. The number of carboxylic acid groups (broad SMARTS) is 1. The lowest BCUT2D eigenvalue weighted by Crippen LogP contribution is -2.44. The van der Waals surface area contributed by atoms with Crippen molar-refractivity contribution in [1.82, 2.24) is 14.5 Å². The third-order valence-corrected chi connectivity index (χ3v) is 3.49. The molecule has 1 aliphatic rings. The molecular formula is C12H18N4O5. The summed E-state index contributed by atoms with van der Waals surface area (Å²) < 4.78 is 6.95. The van der Waals surface area contributed by atoms with Crippen LogP contribution in [0.3, 0.4) is 0 Å². The van der Waals surface area contributed by atoms with E-state index in [-0.39, 0.29) is 18.3 Å². The topological polar surface area (TPSA) is 111 Å². The number of nitro groups is 1. The van der Waals surface area contributed by atoms with Crippen LogP contribution in [0.4, 0.5) is 5.82 Å². The lowest BCUT2D eigenvalue weighted by molar-refractivity contribution is -0.392. The Bertz CT molecular complexity index is 530. The Labute approximate surface area is 121 Å². The first-order valence-corrected chi connectivity index (χ1v) is 6.69. The van der Waals surface area contributed by atoms with Crippen molar-refractivity contribution in [2.75, 3.05) is 26.2 Å². The van der Waals surface area contributed by atoms with Gasteiger partial charge in [0.15, 0.2) is 5.82 Å². The fourth-order valence-electron chi connectivity index (χ4n) is 2.42. The number of aromatic nitrogens is 2. The summed E-state index contributed by atoms with van der Waals surface area (Å²) in [5.74, 6) is -0.317. The molecule has 0 amide bonds. The van der Waals surface area contributed by atoms with Gasteiger partial charge >= 0.3 is 11.8 Å². The second-order valence-electron chi connectivity index (χ2n) is 4.96. The van der Waals surface area contributed by atoms with E-state index in [9.17, 15) is 14.9 Å². The Hall–Kier alpha value is -2.00. The largest absolute Gasteiger partial charge is 0.481 e. The fraction of sp³-hybridized carbons (Fsp3) is 0.667. The second kappa shape index (κ2) is 6.64. The van der Waals surface area contributed by atoms with Crippen LogP contribution in [-0.4, -0.2) is 62.8 Å². The Morgan fingerprint density at radius 3 is 3.05 bits per heavy atom. The highest BCUT2D eigenvalue weighted by molar-refractivity contribution is 5.67. The zero-order valence-electron chi connectivity index (χ0n) is 11.8. The van der Waals surface area contributed by atoms with Gasteiger partial charge in [-0.3, -0.25) is 9.69 Å². The zero-order valence-corrected chi connectivity index (χ0v) is 11.8. The van der Waals surface area contributed by atoms with Gasteiger partial charge in [-0.25, -0.2) is 9.55 Å². The second-order valence-corrected chi connectivity index (χ2v) is 4.96. The molecule has 0 aromatic carbocycles. The summed E-state index contributed by atoms with van der Waals surface area (Å²) in [7, 11) is 0. The van der Waals surface area contributed by atoms with E-state index in [1.165, 1.54) is 6.20 Å². The highest BCUT2D eigenvalue weighted by Gasteiger charge is 2.24. The maximum absolute atomic E-state index is 10.9. The van der Waals surface area contributed by atoms with Gasteiger partial charge in [0.2, 0.25) is 0 Å². The number of imidazole rings is 1. The smallest absolute Gasteiger partial charge is 0.342 e. The minimum atomic E-state index is -0.886. The van der Waals surface area contributed by atoms with Gasteiger partial charge in [-0.15, -0.1) is 0 Å². The molecule has 1 aliphatic heterocycles. The van der Waals surface area contributed by atoms with Crippen molar-refractivity contribution in [3.63, 3.8) is 0 Å². The number of ether oxygens (including phenoxy) is 1. The molecule has 0 radical (unpaired) electrons. The molecule has 2 heterocycles. The van der Waals surface area contributed by atoms with Crippen molar-refractivity contribution in [3.05, 3.63) is 22.1 Å². The van der Waals surface area contributed by atoms with E-state index < -0.39 is 10.9 Å². The molecule has 1 unspecified atom stereocenters. The lowest BCUT2D eigenvalue weighted by atomic mass is 10.2. The van der Waals surface area contributed by atoms with E-state index in [1.54, 1.807) is 11.5 Å². The summed E-state index contributed by atoms with van der Waals surface area (Å²) in [4.78, 5) is 27.2. The van der Waals surface area contributed by atoms with E-state index in [1.807, 2.05) is 0 Å². The average Bonchev–Trinajstić information content (AvgIpc) is 2.77. The predicted octanol–water partition coefficient (Wildman–Crippen LogP) is 0.275. The van der Waals surface area contributed by atoms with E-state index in [2.05, 4.69) is 9.88 Å². The number of carbonyl (C=O) groups is 1. The van der Waals surface area contributed by atoms with Crippen molar-refractivity contribution in [2.24, 2.45) is 0 Å². The number of aryl methyl sites for hydroxylation is 1. The molecule has 0 spiro atoms. The molecule has 1 aromatic heterocycles. The van der Waals surface area contributed by atoms with Crippen LogP contribution in [0.15, 0.2) is 6.20 Å². The summed E-state index contributed by atoms with van der Waals surface area (Å²) >= 11 is 0. The first kappa shape index (κ1) is 15.4. The van der Waals surface area contributed by atoms with Gasteiger partial charge in [0.25, 0.3) is 0 Å². The van der Waals surface area contributed by atoms with Crippen LogP contribution in [-0.2, 0) is 16.1 Å². The Morgan fingerprint density at radius 1 is 1.62 bits per heavy atom. The Morgan fingerprint density at radius 2 is 2.38 bits per heavy atom. The van der Waals surface area contributed by atoms with E-state index in [4.69, 9.17) is 9.84 Å². The average molecular weight is 298 g/mol. The summed E-state index contributed by atoms with van der Waals surface area (Å²) in [6.45, 7) is 4.45. The van der Waals surface area contributed by atoms with Gasteiger partial charge in [0.05, 0.1) is 19.1 Å². The van der Waals surface area contributed by atoms with Crippen LogP contribution in [0.5, 0.6) is 0 Å². The van der Waals surface area contributed by atoms with Gasteiger partial charge < -0.3 is 20.0 Å². The molecule has 0 bridgehead atoms. The molecule has 9 heteroatoms. The third-order valence-electron chi connectivity index (χ3n) is 3.49. The monoisotopic (exact) mass is 298 g/mol. The zero-order chi connectivity index (χ0) is 15.4. The SMILES string of the molecule is Cc1ncc([N+](=O)[O-])n1CCN1CCOC(CC(=O)O)C1. The van der Waals surface area contributed by atoms with E-state index >= 15 is 0 Å². The first-order valence-electron chi connectivity index (χ1n) is 6.69. The van der Waals surface area contributed by atoms with Gasteiger partial charge in [-0.2, -0.15) is 0 Å². The maximum Gasteiger partial charge on any atom is 0.342 e. The van der Waals surface area contributed by atoms with Gasteiger partial charge in [-0.1, -0.05) is 0 Å². The molecule has 1 atom stereocenters. The number of morpholine rings is 1. The van der Waals surface area contributed by atoms with Crippen molar-refractivity contribution < 1.29 is 19.6 Å². The van der Waals surface area contributed by atoms with Crippen LogP contribution in [0.1, 0.15) is 12.2 Å². The standard InChI is InChI=1S/C12H18N4O5/c1-9-13-7-11(16(19)20)15(9)3-2-14-4-5-21-10(8-14)6-12(17)18/h7,10H,2-6,8H2,1H3,(H,17,18). The van der Waals surface area contributed by atoms with Crippen molar-refractivity contribution in [1.29, 1.82) is 0 Å². The summed E-state index contributed by atoms with van der Waals surface area (Å²) in [6.07, 6.45) is 0.901. The summed E-state index contributed by atoms with van der Waals surface area (Å²) in [5, 5.41) is 19.7. The number of aliphatic carboxylic acids is 1. The Balaban J connectivity index is 1.92. The fourth-order valence-corrected chi connectivity index (χ4v) is 2.42. The van der Waals surface area contributed by atoms with Crippen molar-refractivity contribution in [2.45, 2.75) is 26.0 Å². The molecule has 1 saturated heterocycles. The van der Waals surface area contributed by atoms with Gasteiger partial charge in [0, 0.05) is 26.6 Å². The molecule has 21 heavy (non-hydrogen) atoms. The lowest BCUT2D eigenvalue weighted by Gasteiger charge is -2.31. The van der Waals surface area contributed by atoms with Crippen LogP contribution < -0.4 is 0 Å². The van der Waals surface area contributed by atoms with Gasteiger partial charge in [0.1, 0.15) is 12.7 Å². The van der Waals surface area contributed by atoms with Crippen molar-refractivity contribution in [3.8, 4) is 0 Å². The van der Waals surface area contributed by atoms with Crippen LogP contribution in [0, 0.1) is 17.0 Å². The number of hydrogen-bond acceptors (Lipinski definition) is 6. The molecule has 1 N–H and O–H groups in total. The minimum Gasteiger partial charge on any atom is -0.481 e. The number of carboxylic acids is 1. The highest BCUT2D eigenvalue weighted by Crippen LogP contribution is 2.14. The summed E-state index contributed by atoms with van der Waals surface area (Å²) in [6, 6.07) is 0. The number of rotatable bonds is 6. The maximum atomic E-state index is 10.9. The molecule has 2 rings (SSSR count). The Kier molecular flexibility index (Phi) is 4.86. The van der Waals surface area contributed by atoms with Gasteiger partial charge in [-0.05, 0) is 4.92 Å². The van der Waals surface area contributed by atoms with E-state index in [0.29, 0.717) is 38.6 Å². The molecule has 1 fully saturated rings. The quantitative estimate of drug-likeness (QED) is 0.593. The normalized spacial score (nSPS) is 19.6. The molecule has 116 valence electrons. The van der Waals surface area contributed by atoms with Crippen LogP contribution in [0.2, 0.25) is 0 Å². The van der Waals surface area contributed by atoms with Crippen LogP contribution >= 0.6 is 0 Å². The number of hydrogen-bond donors (Lipinski definition) is 1. The first-order chi connectivity index (χ1) is 9.97. The molecular weight excluding hydrogens is 280 g/mol. The highest BCUT2D eigenvalue weighted by atomic mass is 16.6. The van der Waals surface area contributed by atoms with Crippen molar-refractivity contribution >= 4 is 11.8 Å². The van der Waals surface area contributed by atoms with Crippen LogP contribution in [0.25, 0.3) is 0 Å². The third kappa shape index (κ3) is 3.99. The molecule has 0 saturated carbocycles.